The molecule has 0 bridgehead atoms. The van der Waals surface area contributed by atoms with Gasteiger partial charge in [-0.05, 0) is 24.3 Å². The molecule has 1 heterocycles. The fourth-order valence-electron chi connectivity index (χ4n) is 1.27. The zero-order valence-corrected chi connectivity index (χ0v) is 11.3. The molecule has 0 fully saturated rings. The number of unbranched alkanes of at least 4 members (excludes halogenated alkanes) is 1. The van der Waals surface area contributed by atoms with Crippen LogP contribution in [0.5, 0.6) is 0 Å². The lowest BCUT2D eigenvalue weighted by atomic mass is 10.3. The molecule has 0 spiro atoms. The molecule has 0 atom stereocenters. The summed E-state index contributed by atoms with van der Waals surface area (Å²) in [6.45, 7) is 3.58. The van der Waals surface area contributed by atoms with Crippen molar-refractivity contribution in [3.63, 3.8) is 0 Å². The minimum atomic E-state index is -3.45. The highest BCUT2D eigenvalue weighted by atomic mass is 32.2. The molecule has 0 saturated heterocycles. The Balaban J connectivity index is 2.95. The molecule has 0 aliphatic rings. The van der Waals surface area contributed by atoms with Gasteiger partial charge in [-0.3, -0.25) is 4.72 Å². The lowest BCUT2D eigenvalue weighted by Crippen LogP contribution is -2.18. The van der Waals surface area contributed by atoms with Crippen LogP contribution in [0.3, 0.4) is 0 Å². The molecule has 5 nitrogen and oxygen atoms in total. The zero-order valence-electron chi connectivity index (χ0n) is 9.69. The topological polar surface area (TPSA) is 83.5 Å². The molecule has 0 saturated carbocycles. The lowest BCUT2D eigenvalue weighted by molar-refractivity contribution is 0.0703. The average molecular weight is 277 g/mol. The maximum absolute atomic E-state index is 11.7. The number of carboxylic acids is 1. The summed E-state index contributed by atoms with van der Waals surface area (Å²) < 4.78 is 25.7. The Morgan fingerprint density at radius 2 is 2.18 bits per heavy atom. The van der Waals surface area contributed by atoms with E-state index in [0.29, 0.717) is 12.0 Å². The smallest absolute Gasteiger partial charge is 0.348 e. The van der Waals surface area contributed by atoms with Crippen LogP contribution in [0.25, 0.3) is 0 Å². The molecule has 1 aromatic rings. The van der Waals surface area contributed by atoms with Gasteiger partial charge in [-0.1, -0.05) is 13.3 Å². The first-order valence-corrected chi connectivity index (χ1v) is 7.72. The maximum atomic E-state index is 11.7. The molecule has 0 aliphatic heterocycles. The van der Waals surface area contributed by atoms with Gasteiger partial charge in [0, 0.05) is 0 Å². The van der Waals surface area contributed by atoms with Crippen molar-refractivity contribution in [3.8, 4) is 0 Å². The summed E-state index contributed by atoms with van der Waals surface area (Å²) >= 11 is 1.02. The summed E-state index contributed by atoms with van der Waals surface area (Å²) in [6.07, 6.45) is 1.33. The number of hydrogen-bond donors (Lipinski definition) is 2. The van der Waals surface area contributed by atoms with E-state index in [9.17, 15) is 13.2 Å². The third-order valence-electron chi connectivity index (χ3n) is 2.19. The van der Waals surface area contributed by atoms with E-state index in [2.05, 4.69) is 4.72 Å². The predicted molar refractivity (Wildman–Crippen MR) is 68.3 cm³/mol. The first kappa shape index (κ1) is 14.0. The Morgan fingerprint density at radius 3 is 2.71 bits per heavy atom. The highest BCUT2D eigenvalue weighted by molar-refractivity contribution is 7.92. The van der Waals surface area contributed by atoms with Crippen molar-refractivity contribution in [1.29, 1.82) is 0 Å². The molecule has 0 unspecified atom stereocenters. The Bertz CT molecular complexity index is 504. The number of aromatic carboxylic acids is 1. The van der Waals surface area contributed by atoms with Crippen molar-refractivity contribution in [2.45, 2.75) is 26.7 Å². The molecule has 2 N–H and O–H groups in total. The van der Waals surface area contributed by atoms with Crippen LogP contribution in [-0.2, 0) is 10.0 Å². The standard InChI is InChI=1S/C10H15NO4S2/c1-3-4-5-17(14,15)11-8-7(2)6-16-9(8)10(12)13/h6,11H,3-5H2,1-2H3,(H,12,13). The van der Waals surface area contributed by atoms with Gasteiger partial charge in [0.25, 0.3) is 0 Å². The summed E-state index contributed by atoms with van der Waals surface area (Å²) in [4.78, 5) is 10.9. The van der Waals surface area contributed by atoms with Crippen molar-refractivity contribution in [2.75, 3.05) is 10.5 Å². The molecule has 0 aromatic carbocycles. The first-order chi connectivity index (χ1) is 7.87. The van der Waals surface area contributed by atoms with Gasteiger partial charge in [0.05, 0.1) is 11.4 Å². The third-order valence-corrected chi connectivity index (χ3v) is 4.62. The number of nitrogens with one attached hydrogen (secondary N) is 1. The highest BCUT2D eigenvalue weighted by Crippen LogP contribution is 2.28. The van der Waals surface area contributed by atoms with Crippen LogP contribution in [0.1, 0.15) is 35.0 Å². The van der Waals surface area contributed by atoms with Gasteiger partial charge in [0.15, 0.2) is 0 Å². The second-order valence-corrected chi connectivity index (χ2v) is 6.42. The van der Waals surface area contributed by atoms with E-state index in [1.54, 1.807) is 12.3 Å². The monoisotopic (exact) mass is 277 g/mol. The van der Waals surface area contributed by atoms with Crippen LogP contribution in [-0.4, -0.2) is 25.2 Å². The number of rotatable bonds is 6. The van der Waals surface area contributed by atoms with Crippen LogP contribution < -0.4 is 4.72 Å². The van der Waals surface area contributed by atoms with Crippen LogP contribution in [0, 0.1) is 6.92 Å². The van der Waals surface area contributed by atoms with Gasteiger partial charge in [0.2, 0.25) is 10.0 Å². The van der Waals surface area contributed by atoms with E-state index in [0.717, 1.165) is 17.8 Å². The molecule has 7 heteroatoms. The van der Waals surface area contributed by atoms with Crippen LogP contribution in [0.15, 0.2) is 5.38 Å². The van der Waals surface area contributed by atoms with E-state index in [1.807, 2.05) is 6.92 Å². The minimum absolute atomic E-state index is 0.0118. The van der Waals surface area contributed by atoms with Gasteiger partial charge in [-0.2, -0.15) is 0 Å². The Kier molecular flexibility index (Phi) is 4.53. The fraction of sp³-hybridized carbons (Fsp3) is 0.500. The van der Waals surface area contributed by atoms with Gasteiger partial charge in [-0.25, -0.2) is 13.2 Å². The summed E-state index contributed by atoms with van der Waals surface area (Å²) in [7, 11) is -3.45. The third kappa shape index (κ3) is 3.71. The maximum Gasteiger partial charge on any atom is 0.348 e. The Labute approximate surface area is 105 Å². The lowest BCUT2D eigenvalue weighted by Gasteiger charge is -2.08. The number of aryl methyl sites for hydroxylation is 1. The predicted octanol–water partition coefficient (Wildman–Crippen LogP) is 2.30. The van der Waals surface area contributed by atoms with Crippen molar-refractivity contribution < 1.29 is 18.3 Å². The number of carbonyl (C=O) groups is 1. The highest BCUT2D eigenvalue weighted by Gasteiger charge is 2.19. The van der Waals surface area contributed by atoms with Gasteiger partial charge >= 0.3 is 5.97 Å². The van der Waals surface area contributed by atoms with E-state index in [1.165, 1.54) is 0 Å². The zero-order chi connectivity index (χ0) is 13.1. The van der Waals surface area contributed by atoms with Crippen molar-refractivity contribution in [1.82, 2.24) is 0 Å². The molecule has 96 valence electrons. The molecule has 0 amide bonds. The quantitative estimate of drug-likeness (QED) is 0.835. The van der Waals surface area contributed by atoms with E-state index in [4.69, 9.17) is 5.11 Å². The molecule has 0 radical (unpaired) electrons. The second kappa shape index (κ2) is 5.50. The Morgan fingerprint density at radius 1 is 1.53 bits per heavy atom. The molecule has 1 aromatic heterocycles. The molecule has 1 rings (SSSR count). The van der Waals surface area contributed by atoms with E-state index < -0.39 is 16.0 Å². The second-order valence-electron chi connectivity index (χ2n) is 3.70. The van der Waals surface area contributed by atoms with E-state index in [-0.39, 0.29) is 16.3 Å². The first-order valence-electron chi connectivity index (χ1n) is 5.19. The van der Waals surface area contributed by atoms with Crippen LogP contribution in [0.2, 0.25) is 0 Å². The summed E-state index contributed by atoms with van der Waals surface area (Å²) in [5.74, 6) is -1.10. The summed E-state index contributed by atoms with van der Waals surface area (Å²) in [6, 6.07) is 0. The molecular formula is C10H15NO4S2. The fourth-order valence-corrected chi connectivity index (χ4v) is 3.52. The molecule has 0 aliphatic carbocycles. The number of carboxylic acid groups (broad SMARTS) is 1. The van der Waals surface area contributed by atoms with Gasteiger partial charge < -0.3 is 5.11 Å². The number of thiophene rings is 1. The van der Waals surface area contributed by atoms with Crippen molar-refractivity contribution in [2.24, 2.45) is 0 Å². The number of anilines is 1. The van der Waals surface area contributed by atoms with Crippen molar-refractivity contribution in [3.05, 3.63) is 15.8 Å². The van der Waals surface area contributed by atoms with E-state index >= 15 is 0 Å². The largest absolute Gasteiger partial charge is 0.477 e. The molecule has 17 heavy (non-hydrogen) atoms. The number of hydrogen-bond acceptors (Lipinski definition) is 4. The summed E-state index contributed by atoms with van der Waals surface area (Å²) in [5.41, 5.74) is 0.825. The van der Waals surface area contributed by atoms with Gasteiger partial charge in [-0.15, -0.1) is 11.3 Å². The van der Waals surface area contributed by atoms with Crippen LogP contribution >= 0.6 is 11.3 Å². The van der Waals surface area contributed by atoms with Crippen molar-refractivity contribution >= 4 is 33.0 Å². The Hall–Kier alpha value is -1.08. The SMILES string of the molecule is CCCCS(=O)(=O)Nc1c(C)csc1C(=O)O. The van der Waals surface area contributed by atoms with Gasteiger partial charge in [0.1, 0.15) is 4.88 Å². The van der Waals surface area contributed by atoms with Crippen LogP contribution in [0.4, 0.5) is 5.69 Å². The normalized spacial score (nSPS) is 11.4. The minimum Gasteiger partial charge on any atom is -0.477 e. The number of sulfonamides is 1. The summed E-state index contributed by atoms with van der Waals surface area (Å²) in [5, 5.41) is 10.6. The average Bonchev–Trinajstić information content (AvgIpc) is 2.57. The molecular weight excluding hydrogens is 262 g/mol.